The van der Waals surface area contributed by atoms with Crippen molar-refractivity contribution in [2.75, 3.05) is 0 Å². The van der Waals surface area contributed by atoms with Crippen LogP contribution < -0.4 is 5.32 Å². The molecule has 2 heterocycles. The number of carbonyl (C=O) groups excluding carboxylic acids is 1. The number of nitrogens with zero attached hydrogens (tertiary/aromatic N) is 3. The van der Waals surface area contributed by atoms with E-state index < -0.39 is 0 Å². The molecule has 6 heteroatoms. The average molecular weight is 302 g/mol. The predicted molar refractivity (Wildman–Crippen MR) is 81.4 cm³/mol. The zero-order chi connectivity index (χ0) is 14.8. The Kier molecular flexibility index (Phi) is 3.96. The second-order valence-electron chi connectivity index (χ2n) is 5.20. The third-order valence-electron chi connectivity index (χ3n) is 3.65. The Morgan fingerprint density at radius 1 is 1.43 bits per heavy atom. The van der Waals surface area contributed by atoms with Gasteiger partial charge in [-0.15, -0.1) is 11.3 Å². The van der Waals surface area contributed by atoms with Crippen LogP contribution in [0.1, 0.15) is 57.6 Å². The van der Waals surface area contributed by atoms with E-state index in [9.17, 15) is 4.79 Å². The topological polar surface area (TPSA) is 67.8 Å². The number of aromatic nitrogens is 3. The summed E-state index contributed by atoms with van der Waals surface area (Å²) in [6.45, 7) is 4.00. The number of amides is 1. The Morgan fingerprint density at radius 2 is 2.19 bits per heavy atom. The molecule has 0 fully saturated rings. The van der Waals surface area contributed by atoms with Gasteiger partial charge >= 0.3 is 0 Å². The number of rotatable bonds is 3. The third-order valence-corrected chi connectivity index (χ3v) is 4.70. The molecule has 0 aliphatic heterocycles. The van der Waals surface area contributed by atoms with Crippen LogP contribution in [0.25, 0.3) is 0 Å². The van der Waals surface area contributed by atoms with Crippen molar-refractivity contribution in [3.8, 4) is 0 Å². The van der Waals surface area contributed by atoms with Gasteiger partial charge in [0.25, 0.3) is 5.91 Å². The number of fused-ring (bicyclic) bond motifs is 1. The third kappa shape index (κ3) is 2.95. The molecule has 1 aliphatic carbocycles. The van der Waals surface area contributed by atoms with Crippen molar-refractivity contribution in [2.45, 2.75) is 45.6 Å². The van der Waals surface area contributed by atoms with Gasteiger partial charge < -0.3 is 5.32 Å². The van der Waals surface area contributed by atoms with E-state index in [1.807, 2.05) is 13.8 Å². The number of hydrogen-bond donors (Lipinski definition) is 1. The second kappa shape index (κ2) is 5.89. The highest BCUT2D eigenvalue weighted by Crippen LogP contribution is 2.33. The van der Waals surface area contributed by atoms with Gasteiger partial charge in [-0.05, 0) is 26.2 Å². The smallest absolute Gasteiger partial charge is 0.254 e. The quantitative estimate of drug-likeness (QED) is 0.946. The fourth-order valence-electron chi connectivity index (χ4n) is 2.58. The van der Waals surface area contributed by atoms with Crippen LogP contribution in [0.4, 0.5) is 0 Å². The van der Waals surface area contributed by atoms with Gasteiger partial charge in [0, 0.05) is 23.7 Å². The monoisotopic (exact) mass is 302 g/mol. The summed E-state index contributed by atoms with van der Waals surface area (Å²) in [5, 5.41) is 4.13. The molecule has 1 aliphatic rings. The van der Waals surface area contributed by atoms with E-state index in [-0.39, 0.29) is 11.9 Å². The maximum atomic E-state index is 12.3. The number of aryl methyl sites for hydroxylation is 3. The van der Waals surface area contributed by atoms with Crippen molar-refractivity contribution in [1.29, 1.82) is 0 Å². The minimum absolute atomic E-state index is 0.0112. The Labute approximate surface area is 127 Å². The molecule has 0 unspecified atom stereocenters. The zero-order valence-corrected chi connectivity index (χ0v) is 13.0. The summed E-state index contributed by atoms with van der Waals surface area (Å²) in [4.78, 5) is 26.5. The predicted octanol–water partition coefficient (Wildman–Crippen LogP) is 2.61. The summed E-state index contributed by atoms with van der Waals surface area (Å²) in [7, 11) is 0. The number of thiazole rings is 1. The summed E-state index contributed by atoms with van der Waals surface area (Å²) < 4.78 is 0. The van der Waals surface area contributed by atoms with Crippen LogP contribution >= 0.6 is 11.3 Å². The van der Waals surface area contributed by atoms with Gasteiger partial charge in [-0.2, -0.15) is 0 Å². The number of nitrogens with one attached hydrogen (secondary N) is 1. The van der Waals surface area contributed by atoms with Gasteiger partial charge in [-0.25, -0.2) is 15.0 Å². The molecule has 0 radical (unpaired) electrons. The van der Waals surface area contributed by atoms with Crippen LogP contribution in [0.3, 0.4) is 0 Å². The summed E-state index contributed by atoms with van der Waals surface area (Å²) in [5.41, 5.74) is 1.55. The fourth-order valence-corrected chi connectivity index (χ4v) is 3.62. The highest BCUT2D eigenvalue weighted by atomic mass is 32.1. The molecule has 0 saturated carbocycles. The molecule has 5 nitrogen and oxygen atoms in total. The second-order valence-corrected chi connectivity index (χ2v) is 6.49. The minimum Gasteiger partial charge on any atom is -0.344 e. The van der Waals surface area contributed by atoms with Gasteiger partial charge in [0.1, 0.15) is 5.82 Å². The SMILES string of the molecule is CCc1ncc(C(=O)N[C@H]2CCCc3sc(C)nc32)cn1. The molecule has 2 aromatic heterocycles. The maximum Gasteiger partial charge on any atom is 0.254 e. The molecule has 0 saturated heterocycles. The first-order valence-electron chi connectivity index (χ1n) is 7.25. The lowest BCUT2D eigenvalue weighted by molar-refractivity contribution is 0.0931. The average Bonchev–Trinajstić information content (AvgIpc) is 2.88. The van der Waals surface area contributed by atoms with Gasteiger partial charge in [0.15, 0.2) is 0 Å². The fraction of sp³-hybridized carbons (Fsp3) is 0.467. The van der Waals surface area contributed by atoms with Gasteiger partial charge in [-0.1, -0.05) is 6.92 Å². The largest absolute Gasteiger partial charge is 0.344 e. The van der Waals surface area contributed by atoms with E-state index in [0.717, 1.165) is 42.2 Å². The first-order chi connectivity index (χ1) is 10.2. The van der Waals surface area contributed by atoms with Crippen molar-refractivity contribution >= 4 is 17.2 Å². The lowest BCUT2D eigenvalue weighted by atomic mass is 9.97. The van der Waals surface area contributed by atoms with Crippen LogP contribution in [0.15, 0.2) is 12.4 Å². The molecular formula is C15H18N4OS. The molecule has 1 amide bonds. The van der Waals surface area contributed by atoms with Crippen LogP contribution in [-0.4, -0.2) is 20.9 Å². The van der Waals surface area contributed by atoms with Crippen LogP contribution in [0.5, 0.6) is 0 Å². The standard InChI is InChI=1S/C15H18N4OS/c1-3-13-16-7-10(8-17-13)15(20)19-11-5-4-6-12-14(11)18-9(2)21-12/h7-8,11H,3-6H2,1-2H3,(H,19,20)/t11-/m0/s1. The van der Waals surface area contributed by atoms with Crippen molar-refractivity contribution in [3.05, 3.63) is 39.4 Å². The molecule has 1 N–H and O–H groups in total. The molecule has 3 rings (SSSR count). The lowest BCUT2D eigenvalue weighted by Crippen LogP contribution is -2.31. The summed E-state index contributed by atoms with van der Waals surface area (Å²) in [5.74, 6) is 0.628. The van der Waals surface area contributed by atoms with Crippen molar-refractivity contribution in [3.63, 3.8) is 0 Å². The van der Waals surface area contributed by atoms with E-state index in [2.05, 4.69) is 20.3 Å². The molecule has 0 bridgehead atoms. The van der Waals surface area contributed by atoms with Crippen LogP contribution in [0, 0.1) is 6.92 Å². The summed E-state index contributed by atoms with van der Waals surface area (Å²) in [6, 6.07) is 0.0112. The minimum atomic E-state index is -0.124. The van der Waals surface area contributed by atoms with E-state index >= 15 is 0 Å². The van der Waals surface area contributed by atoms with Crippen LogP contribution in [0.2, 0.25) is 0 Å². The highest BCUT2D eigenvalue weighted by molar-refractivity contribution is 7.11. The van der Waals surface area contributed by atoms with Crippen molar-refractivity contribution < 1.29 is 4.79 Å². The first-order valence-corrected chi connectivity index (χ1v) is 8.07. The molecule has 2 aromatic rings. The lowest BCUT2D eigenvalue weighted by Gasteiger charge is -2.22. The van der Waals surface area contributed by atoms with Crippen molar-refractivity contribution in [1.82, 2.24) is 20.3 Å². The van der Waals surface area contributed by atoms with Crippen molar-refractivity contribution in [2.24, 2.45) is 0 Å². The van der Waals surface area contributed by atoms with E-state index in [0.29, 0.717) is 5.56 Å². The highest BCUT2D eigenvalue weighted by Gasteiger charge is 2.25. The maximum absolute atomic E-state index is 12.3. The van der Waals surface area contributed by atoms with E-state index in [4.69, 9.17) is 0 Å². The van der Waals surface area contributed by atoms with E-state index in [1.165, 1.54) is 4.88 Å². The van der Waals surface area contributed by atoms with Gasteiger partial charge in [0.05, 0.1) is 22.3 Å². The molecule has 0 spiro atoms. The molecular weight excluding hydrogens is 284 g/mol. The zero-order valence-electron chi connectivity index (χ0n) is 12.2. The number of carbonyl (C=O) groups is 1. The van der Waals surface area contributed by atoms with Gasteiger partial charge in [-0.3, -0.25) is 4.79 Å². The first kappa shape index (κ1) is 14.1. The Bertz CT molecular complexity index is 650. The summed E-state index contributed by atoms with van der Waals surface area (Å²) >= 11 is 1.73. The van der Waals surface area contributed by atoms with Gasteiger partial charge in [0.2, 0.25) is 0 Å². The van der Waals surface area contributed by atoms with E-state index in [1.54, 1.807) is 23.7 Å². The molecule has 21 heavy (non-hydrogen) atoms. The number of hydrogen-bond acceptors (Lipinski definition) is 5. The molecule has 1 atom stereocenters. The Morgan fingerprint density at radius 3 is 2.90 bits per heavy atom. The molecule has 110 valence electrons. The Hall–Kier alpha value is -1.82. The molecule has 0 aromatic carbocycles. The van der Waals surface area contributed by atoms with Crippen LogP contribution in [-0.2, 0) is 12.8 Å². The summed E-state index contributed by atoms with van der Waals surface area (Å²) in [6.07, 6.45) is 7.06. The Balaban J connectivity index is 1.75. The normalized spacial score (nSPS) is 17.3.